The second-order valence-electron chi connectivity index (χ2n) is 5.87. The van der Waals surface area contributed by atoms with Gasteiger partial charge in [0, 0.05) is 22.9 Å². The van der Waals surface area contributed by atoms with Gasteiger partial charge in [-0.05, 0) is 18.6 Å². The minimum Gasteiger partial charge on any atom is -0.351 e. The number of aryl methyl sites for hydroxylation is 1. The fourth-order valence-corrected chi connectivity index (χ4v) is 3.29. The van der Waals surface area contributed by atoms with E-state index in [0.717, 1.165) is 16.7 Å². The first-order valence-electron chi connectivity index (χ1n) is 8.15. The number of hydrogen-bond acceptors (Lipinski definition) is 5. The van der Waals surface area contributed by atoms with E-state index in [9.17, 15) is 9.00 Å². The number of carbonyl (C=O) groups is 1. The summed E-state index contributed by atoms with van der Waals surface area (Å²) in [5, 5.41) is 6.67. The number of nitrogens with one attached hydrogen (secondary N) is 1. The van der Waals surface area contributed by atoms with Gasteiger partial charge in [0.2, 0.25) is 17.6 Å². The van der Waals surface area contributed by atoms with Crippen molar-refractivity contribution in [3.8, 4) is 11.4 Å². The van der Waals surface area contributed by atoms with Gasteiger partial charge in [-0.15, -0.1) is 0 Å². The van der Waals surface area contributed by atoms with Gasteiger partial charge in [0.05, 0.1) is 0 Å². The van der Waals surface area contributed by atoms with Gasteiger partial charge in [0.15, 0.2) is 0 Å². The molecular weight excluding hydrogens is 350 g/mol. The second kappa shape index (κ2) is 8.53. The molecule has 134 valence electrons. The van der Waals surface area contributed by atoms with E-state index in [1.807, 2.05) is 61.5 Å². The standard InChI is InChI=1S/C19H19N3O3S/c1-14-6-5-9-16(10-14)19-21-18(25-22-19)13-26(24)12-17(23)20-11-15-7-3-2-4-8-15/h2-10H,11-13H2,1H3,(H,20,23). The van der Waals surface area contributed by atoms with Crippen molar-refractivity contribution in [3.63, 3.8) is 0 Å². The predicted molar refractivity (Wildman–Crippen MR) is 99.5 cm³/mol. The van der Waals surface area contributed by atoms with Crippen molar-refractivity contribution < 1.29 is 13.5 Å². The van der Waals surface area contributed by atoms with Crippen LogP contribution in [-0.4, -0.2) is 26.0 Å². The predicted octanol–water partition coefficient (Wildman–Crippen LogP) is 2.61. The summed E-state index contributed by atoms with van der Waals surface area (Å²) in [6.07, 6.45) is 0. The summed E-state index contributed by atoms with van der Waals surface area (Å²) in [4.78, 5) is 16.2. The van der Waals surface area contributed by atoms with Crippen LogP contribution in [0.15, 0.2) is 59.1 Å². The monoisotopic (exact) mass is 369 g/mol. The van der Waals surface area contributed by atoms with Crippen LogP contribution in [-0.2, 0) is 27.9 Å². The molecule has 0 bridgehead atoms. The van der Waals surface area contributed by atoms with Crippen molar-refractivity contribution in [3.05, 3.63) is 71.6 Å². The summed E-state index contributed by atoms with van der Waals surface area (Å²) in [6, 6.07) is 17.3. The highest BCUT2D eigenvalue weighted by Gasteiger charge is 2.14. The van der Waals surface area contributed by atoms with Gasteiger partial charge < -0.3 is 9.84 Å². The maximum atomic E-state index is 12.2. The van der Waals surface area contributed by atoms with E-state index in [2.05, 4.69) is 15.5 Å². The summed E-state index contributed by atoms with van der Waals surface area (Å²) >= 11 is 0. The summed E-state index contributed by atoms with van der Waals surface area (Å²) < 4.78 is 17.3. The van der Waals surface area contributed by atoms with Crippen LogP contribution < -0.4 is 5.32 Å². The quantitative estimate of drug-likeness (QED) is 0.692. The molecule has 0 fully saturated rings. The third kappa shape index (κ3) is 5.10. The highest BCUT2D eigenvalue weighted by atomic mass is 32.2. The Bertz CT molecular complexity index is 909. The van der Waals surface area contributed by atoms with E-state index in [1.165, 1.54) is 0 Å². The minimum atomic E-state index is -1.41. The average Bonchev–Trinajstić information content (AvgIpc) is 3.09. The minimum absolute atomic E-state index is 0.0531. The first kappa shape index (κ1) is 18.0. The summed E-state index contributed by atoms with van der Waals surface area (Å²) in [7, 11) is -1.41. The first-order chi connectivity index (χ1) is 12.6. The highest BCUT2D eigenvalue weighted by molar-refractivity contribution is 7.84. The zero-order valence-electron chi connectivity index (χ0n) is 14.3. The zero-order valence-corrected chi connectivity index (χ0v) is 15.2. The first-order valence-corrected chi connectivity index (χ1v) is 9.64. The molecule has 2 aromatic carbocycles. The molecular formula is C19H19N3O3S. The Morgan fingerprint density at radius 2 is 1.96 bits per heavy atom. The normalized spacial score (nSPS) is 11.9. The van der Waals surface area contributed by atoms with Crippen LogP contribution in [0, 0.1) is 6.92 Å². The molecule has 1 amide bonds. The van der Waals surface area contributed by atoms with Crippen LogP contribution in [0.2, 0.25) is 0 Å². The van der Waals surface area contributed by atoms with Crippen molar-refractivity contribution >= 4 is 16.7 Å². The fourth-order valence-electron chi connectivity index (χ4n) is 2.40. The molecule has 1 heterocycles. The lowest BCUT2D eigenvalue weighted by molar-refractivity contribution is -0.118. The van der Waals surface area contributed by atoms with Gasteiger partial charge in [0.1, 0.15) is 11.5 Å². The molecule has 6 nitrogen and oxygen atoms in total. The topological polar surface area (TPSA) is 85.1 Å². The van der Waals surface area contributed by atoms with Crippen LogP contribution in [0.4, 0.5) is 0 Å². The molecule has 0 saturated carbocycles. The molecule has 1 N–H and O–H groups in total. The molecule has 0 spiro atoms. The molecule has 7 heteroatoms. The van der Waals surface area contributed by atoms with Crippen molar-refractivity contribution in [2.45, 2.75) is 19.2 Å². The Balaban J connectivity index is 1.51. The van der Waals surface area contributed by atoms with Crippen molar-refractivity contribution in [2.75, 3.05) is 5.75 Å². The maximum absolute atomic E-state index is 12.2. The lowest BCUT2D eigenvalue weighted by Gasteiger charge is -2.04. The van der Waals surface area contributed by atoms with Gasteiger partial charge in [0.25, 0.3) is 0 Å². The number of nitrogens with zero attached hydrogens (tertiary/aromatic N) is 2. The van der Waals surface area contributed by atoms with E-state index in [0.29, 0.717) is 12.4 Å². The third-order valence-corrected chi connectivity index (χ3v) is 4.81. The lowest BCUT2D eigenvalue weighted by Crippen LogP contribution is -2.28. The Morgan fingerprint density at radius 1 is 1.15 bits per heavy atom. The molecule has 0 radical (unpaired) electrons. The van der Waals surface area contributed by atoms with Gasteiger partial charge in [-0.25, -0.2) is 0 Å². The average molecular weight is 369 g/mol. The van der Waals surface area contributed by atoms with Crippen LogP contribution >= 0.6 is 0 Å². The fraction of sp³-hybridized carbons (Fsp3) is 0.211. The molecule has 0 aliphatic rings. The lowest BCUT2D eigenvalue weighted by atomic mass is 10.1. The summed E-state index contributed by atoms with van der Waals surface area (Å²) in [5.74, 6) is 0.391. The second-order valence-corrected chi connectivity index (χ2v) is 7.33. The number of benzene rings is 2. The smallest absolute Gasteiger partial charge is 0.239 e. The number of carbonyl (C=O) groups excluding carboxylic acids is 1. The van der Waals surface area contributed by atoms with E-state index in [-0.39, 0.29) is 23.3 Å². The number of aromatic nitrogens is 2. The van der Waals surface area contributed by atoms with E-state index >= 15 is 0 Å². The van der Waals surface area contributed by atoms with Gasteiger partial charge in [-0.1, -0.05) is 59.3 Å². The Labute approximate surface area is 154 Å². The molecule has 0 aliphatic carbocycles. The Morgan fingerprint density at radius 3 is 2.73 bits per heavy atom. The molecule has 0 aliphatic heterocycles. The van der Waals surface area contributed by atoms with Gasteiger partial charge >= 0.3 is 0 Å². The van der Waals surface area contributed by atoms with E-state index in [1.54, 1.807) is 0 Å². The molecule has 0 saturated heterocycles. The maximum Gasteiger partial charge on any atom is 0.239 e. The number of hydrogen-bond donors (Lipinski definition) is 1. The van der Waals surface area contributed by atoms with Crippen LogP contribution in [0.25, 0.3) is 11.4 Å². The van der Waals surface area contributed by atoms with Gasteiger partial charge in [-0.3, -0.25) is 9.00 Å². The van der Waals surface area contributed by atoms with Crippen LogP contribution in [0.1, 0.15) is 17.0 Å². The van der Waals surface area contributed by atoms with Crippen molar-refractivity contribution in [1.29, 1.82) is 0 Å². The van der Waals surface area contributed by atoms with Gasteiger partial charge in [-0.2, -0.15) is 4.98 Å². The van der Waals surface area contributed by atoms with Crippen molar-refractivity contribution in [1.82, 2.24) is 15.5 Å². The summed E-state index contributed by atoms with van der Waals surface area (Å²) in [6.45, 7) is 2.39. The Hall–Kier alpha value is -2.80. The third-order valence-electron chi connectivity index (χ3n) is 3.65. The van der Waals surface area contributed by atoms with E-state index < -0.39 is 10.8 Å². The van der Waals surface area contributed by atoms with Crippen molar-refractivity contribution in [2.24, 2.45) is 0 Å². The molecule has 3 aromatic rings. The number of rotatable bonds is 7. The molecule has 26 heavy (non-hydrogen) atoms. The molecule has 1 aromatic heterocycles. The zero-order chi connectivity index (χ0) is 18.4. The molecule has 3 rings (SSSR count). The Kier molecular flexibility index (Phi) is 5.91. The molecule has 1 atom stereocenters. The number of amides is 1. The SMILES string of the molecule is Cc1cccc(-c2noc(CS(=O)CC(=O)NCc3ccccc3)n2)c1. The summed E-state index contributed by atoms with van der Waals surface area (Å²) in [5.41, 5.74) is 2.92. The van der Waals surface area contributed by atoms with E-state index in [4.69, 9.17) is 4.52 Å². The van der Waals surface area contributed by atoms with Crippen LogP contribution in [0.3, 0.4) is 0 Å². The highest BCUT2D eigenvalue weighted by Crippen LogP contribution is 2.17. The molecule has 1 unspecified atom stereocenters. The van der Waals surface area contributed by atoms with Crippen LogP contribution in [0.5, 0.6) is 0 Å². The largest absolute Gasteiger partial charge is 0.351 e.